The van der Waals surface area contributed by atoms with E-state index in [1.165, 1.54) is 11.3 Å². The van der Waals surface area contributed by atoms with Crippen LogP contribution in [0.15, 0.2) is 10.2 Å². The molecule has 1 amide bonds. The van der Waals surface area contributed by atoms with Crippen molar-refractivity contribution in [2.45, 2.75) is 39.3 Å². The van der Waals surface area contributed by atoms with Crippen molar-refractivity contribution >= 4 is 17.2 Å². The van der Waals surface area contributed by atoms with Gasteiger partial charge in [0.2, 0.25) is 5.91 Å². The van der Waals surface area contributed by atoms with Crippen LogP contribution in [0.4, 0.5) is 0 Å². The zero-order chi connectivity index (χ0) is 12.8. The van der Waals surface area contributed by atoms with Gasteiger partial charge in [-0.25, -0.2) is 0 Å². The number of rotatable bonds is 6. The highest BCUT2D eigenvalue weighted by Gasteiger charge is 2.07. The Morgan fingerprint density at radius 2 is 2.35 bits per heavy atom. The van der Waals surface area contributed by atoms with E-state index < -0.39 is 0 Å². The molecule has 5 nitrogen and oxygen atoms in total. The number of aromatic nitrogens is 1. The van der Waals surface area contributed by atoms with E-state index in [1.54, 1.807) is 11.5 Å². The molecule has 1 aromatic rings. The summed E-state index contributed by atoms with van der Waals surface area (Å²) in [6.07, 6.45) is 0.994. The predicted octanol–water partition coefficient (Wildman–Crippen LogP) is 0.495. The molecule has 17 heavy (non-hydrogen) atoms. The molecule has 1 aromatic heterocycles. The maximum absolute atomic E-state index is 11.4. The molecule has 0 aromatic carbocycles. The van der Waals surface area contributed by atoms with Gasteiger partial charge >= 0.3 is 4.87 Å². The summed E-state index contributed by atoms with van der Waals surface area (Å²) >= 11 is 1.18. The van der Waals surface area contributed by atoms with Crippen LogP contribution in [0, 0.1) is 6.92 Å². The van der Waals surface area contributed by atoms with Crippen LogP contribution >= 0.6 is 11.3 Å². The van der Waals surface area contributed by atoms with E-state index in [4.69, 9.17) is 5.11 Å². The molecule has 0 aliphatic carbocycles. The number of hydrogen-bond donors (Lipinski definition) is 2. The minimum atomic E-state index is -0.215. The Balaban J connectivity index is 2.33. The lowest BCUT2D eigenvalue weighted by atomic mass is 10.2. The van der Waals surface area contributed by atoms with Crippen molar-refractivity contribution in [1.82, 2.24) is 9.88 Å². The first-order valence-electron chi connectivity index (χ1n) is 5.59. The maximum atomic E-state index is 11.4. The molecule has 6 heteroatoms. The first-order chi connectivity index (χ1) is 8.04. The zero-order valence-corrected chi connectivity index (χ0v) is 10.9. The lowest BCUT2D eigenvalue weighted by Gasteiger charge is -2.10. The SMILES string of the molecule is Cc1csc(=O)n1CCCC(=O)N[C@@H](C)CO. The van der Waals surface area contributed by atoms with E-state index >= 15 is 0 Å². The zero-order valence-electron chi connectivity index (χ0n) is 10.1. The van der Waals surface area contributed by atoms with Gasteiger partial charge in [-0.05, 0) is 20.3 Å². The van der Waals surface area contributed by atoms with Crippen molar-refractivity contribution in [1.29, 1.82) is 0 Å². The highest BCUT2D eigenvalue weighted by atomic mass is 32.1. The molecule has 0 fully saturated rings. The second kappa shape index (κ2) is 6.56. The second-order valence-electron chi connectivity index (χ2n) is 4.05. The van der Waals surface area contributed by atoms with Crippen molar-refractivity contribution in [3.8, 4) is 0 Å². The van der Waals surface area contributed by atoms with Crippen molar-refractivity contribution in [2.75, 3.05) is 6.61 Å². The highest BCUT2D eigenvalue weighted by molar-refractivity contribution is 7.07. The minimum absolute atomic E-state index is 0.0200. The number of aryl methyl sites for hydroxylation is 1. The van der Waals surface area contributed by atoms with E-state index in [0.717, 1.165) is 5.69 Å². The first kappa shape index (κ1) is 13.9. The van der Waals surface area contributed by atoms with Crippen molar-refractivity contribution in [3.63, 3.8) is 0 Å². The molecular formula is C11H18N2O3S. The van der Waals surface area contributed by atoms with Gasteiger partial charge in [-0.15, -0.1) is 0 Å². The van der Waals surface area contributed by atoms with Gasteiger partial charge in [0, 0.05) is 30.1 Å². The van der Waals surface area contributed by atoms with Gasteiger partial charge in [0.25, 0.3) is 0 Å². The number of nitrogens with one attached hydrogen (secondary N) is 1. The molecule has 0 bridgehead atoms. The van der Waals surface area contributed by atoms with Crippen molar-refractivity contribution < 1.29 is 9.90 Å². The molecule has 1 heterocycles. The normalized spacial score (nSPS) is 12.4. The van der Waals surface area contributed by atoms with Crippen molar-refractivity contribution in [3.05, 3.63) is 20.7 Å². The Labute approximate surface area is 104 Å². The lowest BCUT2D eigenvalue weighted by molar-refractivity contribution is -0.122. The van der Waals surface area contributed by atoms with E-state index in [-0.39, 0.29) is 23.4 Å². The smallest absolute Gasteiger partial charge is 0.307 e. The number of hydrogen-bond acceptors (Lipinski definition) is 4. The molecule has 0 aliphatic heterocycles. The number of amides is 1. The van der Waals surface area contributed by atoms with Gasteiger partial charge in [0.05, 0.1) is 6.61 Å². The number of thiazole rings is 1. The fraction of sp³-hybridized carbons (Fsp3) is 0.636. The van der Waals surface area contributed by atoms with Crippen LogP contribution in [-0.2, 0) is 11.3 Å². The Morgan fingerprint density at radius 3 is 2.88 bits per heavy atom. The summed E-state index contributed by atoms with van der Waals surface area (Å²) in [7, 11) is 0. The molecule has 1 atom stereocenters. The number of aliphatic hydroxyl groups excluding tert-OH is 1. The van der Waals surface area contributed by atoms with Crippen LogP contribution in [0.1, 0.15) is 25.5 Å². The van der Waals surface area contributed by atoms with Crippen LogP contribution in [-0.4, -0.2) is 28.2 Å². The quantitative estimate of drug-likeness (QED) is 0.780. The number of nitrogens with zero attached hydrogens (tertiary/aromatic N) is 1. The lowest BCUT2D eigenvalue weighted by Crippen LogP contribution is -2.35. The third-order valence-electron chi connectivity index (χ3n) is 2.44. The fourth-order valence-corrected chi connectivity index (χ4v) is 2.23. The van der Waals surface area contributed by atoms with Crippen LogP contribution in [0.5, 0.6) is 0 Å². The molecule has 96 valence electrons. The average molecular weight is 258 g/mol. The second-order valence-corrected chi connectivity index (χ2v) is 4.87. The van der Waals surface area contributed by atoms with Gasteiger partial charge in [0.1, 0.15) is 0 Å². The Morgan fingerprint density at radius 1 is 1.65 bits per heavy atom. The summed E-state index contributed by atoms with van der Waals surface area (Å²) in [6, 6.07) is -0.215. The summed E-state index contributed by atoms with van der Waals surface area (Å²) < 4.78 is 1.67. The number of carbonyl (C=O) groups excluding carboxylic acids is 1. The number of aliphatic hydroxyl groups is 1. The molecule has 0 saturated carbocycles. The van der Waals surface area contributed by atoms with Crippen LogP contribution in [0.3, 0.4) is 0 Å². The molecule has 0 radical (unpaired) electrons. The third kappa shape index (κ3) is 4.32. The molecule has 0 aliphatic rings. The van der Waals surface area contributed by atoms with Gasteiger partial charge in [0.15, 0.2) is 0 Å². The largest absolute Gasteiger partial charge is 0.394 e. The van der Waals surface area contributed by atoms with E-state index in [2.05, 4.69) is 5.32 Å². The molecular weight excluding hydrogens is 240 g/mol. The van der Waals surface area contributed by atoms with Gasteiger partial charge < -0.3 is 15.0 Å². The van der Waals surface area contributed by atoms with Crippen LogP contribution in [0.25, 0.3) is 0 Å². The summed E-state index contributed by atoms with van der Waals surface area (Å²) in [5.41, 5.74) is 0.934. The van der Waals surface area contributed by atoms with Crippen molar-refractivity contribution in [2.24, 2.45) is 0 Å². The molecule has 1 rings (SSSR count). The topological polar surface area (TPSA) is 71.3 Å². The van der Waals surface area contributed by atoms with Gasteiger partial charge in [-0.1, -0.05) is 11.3 Å². The Kier molecular flexibility index (Phi) is 5.37. The molecule has 0 saturated heterocycles. The Hall–Kier alpha value is -1.14. The monoisotopic (exact) mass is 258 g/mol. The molecule has 0 spiro atoms. The molecule has 0 unspecified atom stereocenters. The van der Waals surface area contributed by atoms with Gasteiger partial charge in [-0.3, -0.25) is 9.59 Å². The summed E-state index contributed by atoms with van der Waals surface area (Å²) in [6.45, 7) is 4.13. The minimum Gasteiger partial charge on any atom is -0.394 e. The summed E-state index contributed by atoms with van der Waals surface area (Å²) in [4.78, 5) is 22.8. The highest BCUT2D eigenvalue weighted by Crippen LogP contribution is 2.02. The number of carbonyl (C=O) groups is 1. The van der Waals surface area contributed by atoms with Crippen LogP contribution < -0.4 is 10.2 Å². The maximum Gasteiger partial charge on any atom is 0.307 e. The van der Waals surface area contributed by atoms with E-state index in [9.17, 15) is 9.59 Å². The molecule has 2 N–H and O–H groups in total. The van der Waals surface area contributed by atoms with E-state index in [0.29, 0.717) is 19.4 Å². The van der Waals surface area contributed by atoms with Gasteiger partial charge in [-0.2, -0.15) is 0 Å². The van der Waals surface area contributed by atoms with Crippen LogP contribution in [0.2, 0.25) is 0 Å². The first-order valence-corrected chi connectivity index (χ1v) is 6.47. The fourth-order valence-electron chi connectivity index (χ4n) is 1.46. The van der Waals surface area contributed by atoms with E-state index in [1.807, 2.05) is 12.3 Å². The summed E-state index contributed by atoms with van der Waals surface area (Å²) in [5.74, 6) is -0.0903. The standard InChI is InChI=1S/C11H18N2O3S/c1-8(6-14)12-10(15)4-3-5-13-9(2)7-17-11(13)16/h7-8,14H,3-6H2,1-2H3,(H,12,15)/t8-/m0/s1. The average Bonchev–Trinajstić information content (AvgIpc) is 2.60. The Bertz CT molecular complexity index is 425. The predicted molar refractivity (Wildman–Crippen MR) is 67.2 cm³/mol. The summed E-state index contributed by atoms with van der Waals surface area (Å²) in [5, 5.41) is 13.3. The third-order valence-corrected chi connectivity index (χ3v) is 3.32.